The molecule has 15 nitrogen and oxygen atoms in total. The van der Waals surface area contributed by atoms with Gasteiger partial charge in [0.2, 0.25) is 11.8 Å². The number of halogens is 1. The molecule has 3 heterocycles. The second-order valence-corrected chi connectivity index (χ2v) is 14.4. The first-order valence-electron chi connectivity index (χ1n) is 18.3. The number of imide groups is 1. The summed E-state index contributed by atoms with van der Waals surface area (Å²) in [6.45, 7) is 4.00. The minimum atomic E-state index is -0.546. The molecule has 0 bridgehead atoms. The molecule has 4 aliphatic rings. The lowest BCUT2D eigenvalue weighted by Crippen LogP contribution is -2.53. The van der Waals surface area contributed by atoms with Crippen LogP contribution < -0.4 is 37.3 Å². The van der Waals surface area contributed by atoms with Gasteiger partial charge in [-0.15, -0.1) is 0 Å². The second kappa shape index (κ2) is 17.7. The van der Waals surface area contributed by atoms with E-state index in [0.29, 0.717) is 41.3 Å². The molecule has 0 spiro atoms. The van der Waals surface area contributed by atoms with Crippen LogP contribution in [-0.4, -0.2) is 106 Å². The first-order valence-corrected chi connectivity index (χ1v) is 18.7. The Balaban J connectivity index is 1.19. The fourth-order valence-corrected chi connectivity index (χ4v) is 7.17. The van der Waals surface area contributed by atoms with Crippen molar-refractivity contribution in [2.45, 2.75) is 45.1 Å². The zero-order valence-corrected chi connectivity index (χ0v) is 32.3. The van der Waals surface area contributed by atoms with Gasteiger partial charge in [0, 0.05) is 77.2 Å². The molecular weight excluding hydrogens is 712 g/mol. The monoisotopic (exact) mass is 763 g/mol. The quantitative estimate of drug-likeness (QED) is 0.0948. The fourth-order valence-electron chi connectivity index (χ4n) is 7.08. The standard InChI is InChI=1S/C38H51ClN10O5/c1-6-28(39)35(44-24-7-11-30-23(17-24)18-31(37(53)48(30)5)54-21-33(51)43-3)46-38(41)49-15-13-22(14-16-49)20-47(4)25-8-9-26(29(19-25)42-2)34(40)27-10-12-32(50)45-36(27)52/h7-9,11,17-19,22-23,27,30,40,42,44H,6,10,12-16,20-21H2,1-5H3,(H2,41,46)(H,43,51)(H,45,50,52)/p+1/b35-28+,40-34?. The summed E-state index contributed by atoms with van der Waals surface area (Å²) < 4.78 is 5.54. The van der Waals surface area contributed by atoms with Crippen molar-refractivity contribution in [2.75, 3.05) is 64.6 Å². The number of fused-ring (bicyclic) bond motifs is 1. The normalized spacial score (nSPS) is 22.4. The molecule has 1 aromatic carbocycles. The lowest BCUT2D eigenvalue weighted by molar-refractivity contribution is -0.140. The number of likely N-dealkylation sites (N-methyl/N-ethyl adjacent to an activating group) is 2. The van der Waals surface area contributed by atoms with Crippen LogP contribution in [0.2, 0.25) is 0 Å². The van der Waals surface area contributed by atoms with Crippen LogP contribution in [0.15, 0.2) is 69.8 Å². The summed E-state index contributed by atoms with van der Waals surface area (Å²) >= 11 is 6.67. The number of amides is 4. The number of carbonyl (C=O) groups excluding carboxylic acids is 4. The predicted octanol–water partition coefficient (Wildman–Crippen LogP) is 0.757. The van der Waals surface area contributed by atoms with E-state index in [1.807, 2.05) is 50.4 Å². The van der Waals surface area contributed by atoms with Crippen LogP contribution in [0.1, 0.15) is 44.6 Å². The molecule has 0 aromatic heterocycles. The SMILES string of the molecule is CC/C(Cl)=C(\N=C(/N)N1CCC(CN(C)c2ccc(C(=[NH2+])C3CCC(=O)NC3=O)c(NC)c2)CC1)NC1=CC2C=C(OCC(=O)NC)C(=O)N(C)C2C=C1. The van der Waals surface area contributed by atoms with E-state index < -0.39 is 5.92 Å². The highest BCUT2D eigenvalue weighted by Gasteiger charge is 2.36. The third-order valence-corrected chi connectivity index (χ3v) is 10.8. The molecule has 1 aliphatic carbocycles. The van der Waals surface area contributed by atoms with Gasteiger partial charge in [0.25, 0.3) is 11.8 Å². The van der Waals surface area contributed by atoms with Crippen LogP contribution in [0.3, 0.4) is 0 Å². The number of piperidine rings is 2. The molecule has 16 heteroatoms. The Morgan fingerprint density at radius 3 is 2.57 bits per heavy atom. The largest absolute Gasteiger partial charge is 0.478 e. The molecular formula is C38H52ClN10O5+. The van der Waals surface area contributed by atoms with E-state index in [9.17, 15) is 19.2 Å². The second-order valence-electron chi connectivity index (χ2n) is 13.9. The fraction of sp³-hybridized carbons (Fsp3) is 0.474. The molecule has 3 atom stereocenters. The lowest BCUT2D eigenvalue weighted by atomic mass is 9.88. The molecule has 54 heavy (non-hydrogen) atoms. The third kappa shape index (κ3) is 9.24. The van der Waals surface area contributed by atoms with Gasteiger partial charge in [-0.05, 0) is 62.0 Å². The first-order chi connectivity index (χ1) is 25.8. The summed E-state index contributed by atoms with van der Waals surface area (Å²) in [7, 11) is 7.10. The van der Waals surface area contributed by atoms with Crippen molar-refractivity contribution >= 4 is 58.3 Å². The van der Waals surface area contributed by atoms with E-state index in [1.165, 1.54) is 7.05 Å². The minimum Gasteiger partial charge on any atom is -0.478 e. The Bertz CT molecular complexity index is 1810. The van der Waals surface area contributed by atoms with Crippen LogP contribution in [-0.2, 0) is 23.9 Å². The number of allylic oxidation sites excluding steroid dienone is 2. The van der Waals surface area contributed by atoms with Gasteiger partial charge in [-0.1, -0.05) is 30.7 Å². The maximum atomic E-state index is 12.8. The van der Waals surface area contributed by atoms with Crippen molar-refractivity contribution in [2.24, 2.45) is 28.5 Å². The summed E-state index contributed by atoms with van der Waals surface area (Å²) in [5.41, 5.74) is 10.4. The minimum absolute atomic E-state index is 0.124. The van der Waals surface area contributed by atoms with Gasteiger partial charge in [-0.25, -0.2) is 0 Å². The molecule has 3 unspecified atom stereocenters. The van der Waals surface area contributed by atoms with E-state index in [4.69, 9.17) is 32.5 Å². The van der Waals surface area contributed by atoms with Crippen molar-refractivity contribution < 1.29 is 29.3 Å². The molecule has 2 fully saturated rings. The number of hydrogen-bond acceptors (Lipinski definition) is 9. The molecule has 8 N–H and O–H groups in total. The number of likely N-dealkylation sites (tertiary alicyclic amines) is 1. The summed E-state index contributed by atoms with van der Waals surface area (Å²) in [5, 5.41) is 18.4. The number of anilines is 2. The van der Waals surface area contributed by atoms with Gasteiger partial charge in [0.05, 0.1) is 16.6 Å². The van der Waals surface area contributed by atoms with Crippen molar-refractivity contribution in [1.29, 1.82) is 0 Å². The number of carbonyl (C=O) groups is 4. The summed E-state index contributed by atoms with van der Waals surface area (Å²) in [6.07, 6.45) is 10.6. The van der Waals surface area contributed by atoms with Crippen LogP contribution in [0.4, 0.5) is 11.4 Å². The molecule has 2 saturated heterocycles. The number of ether oxygens (including phenoxy) is 1. The van der Waals surface area contributed by atoms with E-state index in [0.717, 1.165) is 55.1 Å². The number of nitrogens with one attached hydrogen (secondary N) is 4. The summed E-state index contributed by atoms with van der Waals surface area (Å²) in [5.74, 6) is -0.611. The Hall–Kier alpha value is -5.31. The molecule has 4 amide bonds. The van der Waals surface area contributed by atoms with Gasteiger partial charge < -0.3 is 41.1 Å². The average Bonchev–Trinajstić information content (AvgIpc) is 3.17. The average molecular weight is 764 g/mol. The van der Waals surface area contributed by atoms with Gasteiger partial charge in [-0.3, -0.25) is 29.9 Å². The van der Waals surface area contributed by atoms with Crippen molar-refractivity contribution in [3.63, 3.8) is 0 Å². The first kappa shape index (κ1) is 39.9. The Morgan fingerprint density at radius 2 is 1.91 bits per heavy atom. The predicted molar refractivity (Wildman–Crippen MR) is 209 cm³/mol. The Labute approximate surface area is 321 Å². The Morgan fingerprint density at radius 1 is 1.17 bits per heavy atom. The van der Waals surface area contributed by atoms with Gasteiger partial charge >= 0.3 is 0 Å². The number of rotatable bonds is 13. The highest BCUT2D eigenvalue weighted by atomic mass is 35.5. The maximum absolute atomic E-state index is 12.8. The van der Waals surface area contributed by atoms with E-state index in [-0.39, 0.29) is 54.4 Å². The van der Waals surface area contributed by atoms with Crippen LogP contribution in [0.25, 0.3) is 0 Å². The van der Waals surface area contributed by atoms with Crippen molar-refractivity contribution in [1.82, 2.24) is 25.8 Å². The zero-order valence-electron chi connectivity index (χ0n) is 31.6. The molecule has 0 radical (unpaired) electrons. The molecule has 0 saturated carbocycles. The number of hydrogen-bond donors (Lipinski definition) is 6. The summed E-state index contributed by atoms with van der Waals surface area (Å²) in [6, 6.07) is 5.77. The number of guanidine groups is 1. The highest BCUT2D eigenvalue weighted by Crippen LogP contribution is 2.31. The van der Waals surface area contributed by atoms with Crippen LogP contribution in [0.5, 0.6) is 0 Å². The highest BCUT2D eigenvalue weighted by molar-refractivity contribution is 6.30. The van der Waals surface area contributed by atoms with Crippen LogP contribution in [0, 0.1) is 17.8 Å². The van der Waals surface area contributed by atoms with E-state index in [2.05, 4.69) is 38.1 Å². The topological polar surface area (TPSA) is 199 Å². The van der Waals surface area contributed by atoms with Crippen molar-refractivity contribution in [3.8, 4) is 0 Å². The third-order valence-electron chi connectivity index (χ3n) is 10.4. The number of nitrogens with two attached hydrogens (primary N) is 2. The maximum Gasteiger partial charge on any atom is 0.288 e. The number of nitrogens with zero attached hydrogens (tertiary/aromatic N) is 4. The molecule has 3 aliphatic heterocycles. The molecule has 1 aromatic rings. The van der Waals surface area contributed by atoms with Crippen LogP contribution >= 0.6 is 11.6 Å². The Kier molecular flexibility index (Phi) is 13.1. The smallest absolute Gasteiger partial charge is 0.288 e. The van der Waals surface area contributed by atoms with E-state index >= 15 is 0 Å². The zero-order chi connectivity index (χ0) is 39.1. The number of aliphatic imine (C=N–C) groups is 1. The number of benzene rings is 1. The van der Waals surface area contributed by atoms with Gasteiger partial charge in [-0.2, -0.15) is 4.99 Å². The lowest BCUT2D eigenvalue weighted by Gasteiger charge is -2.36. The van der Waals surface area contributed by atoms with E-state index in [1.54, 1.807) is 18.0 Å². The molecule has 290 valence electrons. The summed E-state index contributed by atoms with van der Waals surface area (Å²) in [4.78, 5) is 59.3. The molecule has 5 rings (SSSR count). The van der Waals surface area contributed by atoms with Gasteiger partial charge in [0.1, 0.15) is 11.7 Å². The van der Waals surface area contributed by atoms with Crippen molar-refractivity contribution in [3.05, 3.63) is 70.4 Å². The van der Waals surface area contributed by atoms with Gasteiger partial charge in [0.15, 0.2) is 24.0 Å².